The molecule has 0 aliphatic rings. The van der Waals surface area contributed by atoms with Gasteiger partial charge in [-0.15, -0.1) is 0 Å². The van der Waals surface area contributed by atoms with Crippen LogP contribution in [0.2, 0.25) is 0 Å². The van der Waals surface area contributed by atoms with Crippen LogP contribution >= 0.6 is 15.9 Å². The number of methoxy groups -OCH3 is 2. The van der Waals surface area contributed by atoms with Gasteiger partial charge in [-0.3, -0.25) is 0 Å². The van der Waals surface area contributed by atoms with Crippen molar-refractivity contribution in [3.8, 4) is 5.75 Å². The van der Waals surface area contributed by atoms with Crippen LogP contribution in [0.5, 0.6) is 5.75 Å². The van der Waals surface area contributed by atoms with E-state index < -0.39 is 10.0 Å². The van der Waals surface area contributed by atoms with Crippen LogP contribution < -0.4 is 15.2 Å². The number of pyridine rings is 1. The summed E-state index contributed by atoms with van der Waals surface area (Å²) in [6, 6.07) is 12.7. The van der Waals surface area contributed by atoms with Gasteiger partial charge in [0.05, 0.1) is 24.8 Å². The average Bonchev–Trinajstić information content (AvgIpc) is 3.21. The summed E-state index contributed by atoms with van der Waals surface area (Å²) >= 11 is 3.32. The number of aryl methyl sites for hydroxylation is 1. The van der Waals surface area contributed by atoms with E-state index >= 15 is 0 Å². The molecule has 2 heterocycles. The molecule has 4 rings (SSSR count). The predicted molar refractivity (Wildman–Crippen MR) is 140 cm³/mol. The molecule has 0 spiro atoms. The normalized spacial score (nSPS) is 12.0. The molecule has 0 atom stereocenters. The Labute approximate surface area is 212 Å². The summed E-state index contributed by atoms with van der Waals surface area (Å²) in [5.74, 6) is 1.56. The third-order valence-corrected chi connectivity index (χ3v) is 7.71. The van der Waals surface area contributed by atoms with E-state index in [0.717, 1.165) is 28.7 Å². The molecule has 0 radical (unpaired) electrons. The number of aromatic nitrogens is 3. The lowest BCUT2D eigenvalue weighted by atomic mass is 10.2. The van der Waals surface area contributed by atoms with Gasteiger partial charge in [-0.2, -0.15) is 0 Å². The van der Waals surface area contributed by atoms with Gasteiger partial charge in [0.15, 0.2) is 5.82 Å². The van der Waals surface area contributed by atoms with Crippen molar-refractivity contribution in [2.45, 2.75) is 30.7 Å². The highest BCUT2D eigenvalue weighted by Crippen LogP contribution is 2.30. The van der Waals surface area contributed by atoms with E-state index in [4.69, 9.17) is 20.2 Å². The highest BCUT2D eigenvalue weighted by Gasteiger charge is 2.20. The second-order valence-corrected chi connectivity index (χ2v) is 10.7. The molecule has 0 saturated carbocycles. The average molecular weight is 562 g/mol. The number of nitrogens with zero attached hydrogens (tertiary/aromatic N) is 3. The monoisotopic (exact) mass is 561 g/mol. The van der Waals surface area contributed by atoms with Gasteiger partial charge in [0, 0.05) is 36.5 Å². The summed E-state index contributed by atoms with van der Waals surface area (Å²) in [5.41, 5.74) is 8.67. The zero-order valence-electron chi connectivity index (χ0n) is 19.6. The number of nitrogen functional groups attached to an aromatic ring is 1. The molecular formula is C24H28BrN5O4S. The Kier molecular flexibility index (Phi) is 7.90. The molecule has 0 unspecified atom stereocenters. The van der Waals surface area contributed by atoms with E-state index in [0.29, 0.717) is 54.1 Å². The highest BCUT2D eigenvalue weighted by molar-refractivity contribution is 9.10. The van der Waals surface area contributed by atoms with Gasteiger partial charge in [-0.25, -0.2) is 23.1 Å². The van der Waals surface area contributed by atoms with Gasteiger partial charge in [-0.05, 0) is 37.1 Å². The smallest absolute Gasteiger partial charge is 0.244 e. The van der Waals surface area contributed by atoms with Gasteiger partial charge in [0.1, 0.15) is 22.0 Å². The number of hydrogen-bond acceptors (Lipinski definition) is 7. The molecule has 2 aromatic carbocycles. The molecule has 0 aliphatic heterocycles. The number of halogens is 1. The van der Waals surface area contributed by atoms with Crippen LogP contribution in [-0.4, -0.2) is 50.3 Å². The number of ether oxygens (including phenoxy) is 2. The first-order chi connectivity index (χ1) is 16.9. The molecule has 0 bridgehead atoms. The summed E-state index contributed by atoms with van der Waals surface area (Å²) in [6.07, 6.45) is 2.01. The molecular weight excluding hydrogens is 534 g/mol. The van der Waals surface area contributed by atoms with Crippen molar-refractivity contribution < 1.29 is 17.9 Å². The number of nitrogens with two attached hydrogens (primary N) is 1. The molecule has 0 amide bonds. The molecule has 2 aromatic heterocycles. The van der Waals surface area contributed by atoms with Crippen molar-refractivity contribution in [2.24, 2.45) is 0 Å². The Balaban J connectivity index is 1.52. The predicted octanol–water partition coefficient (Wildman–Crippen LogP) is 3.89. The fourth-order valence-corrected chi connectivity index (χ4v) is 5.85. The van der Waals surface area contributed by atoms with Crippen LogP contribution in [0.3, 0.4) is 0 Å². The number of anilines is 1. The standard InChI is InChI=1S/C24H28BrN5O4S/c1-33-14-11-21-29-22-23(17-7-3-4-8-18(17)28-24(22)26)30(21)13-6-5-12-27-35(31,32)20-15-16(25)9-10-19(20)34-2/h3-4,7-10,15,27H,5-6,11-14H2,1-2H3,(H2,26,28). The molecule has 0 aliphatic carbocycles. The van der Waals surface area contributed by atoms with Crippen LogP contribution in [0.25, 0.3) is 21.9 Å². The number of rotatable bonds is 11. The zero-order chi connectivity index (χ0) is 25.0. The SMILES string of the molecule is COCCc1nc2c(N)nc3ccccc3c2n1CCCCNS(=O)(=O)c1cc(Br)ccc1OC. The summed E-state index contributed by atoms with van der Waals surface area (Å²) in [7, 11) is -0.608. The van der Waals surface area contributed by atoms with Crippen molar-refractivity contribution in [3.63, 3.8) is 0 Å². The third-order valence-electron chi connectivity index (χ3n) is 5.73. The summed E-state index contributed by atoms with van der Waals surface area (Å²) < 4.78 is 41.6. The largest absolute Gasteiger partial charge is 0.495 e. The van der Waals surface area contributed by atoms with Gasteiger partial charge in [0.25, 0.3) is 0 Å². The van der Waals surface area contributed by atoms with Crippen molar-refractivity contribution in [1.82, 2.24) is 19.3 Å². The fraction of sp³-hybridized carbons (Fsp3) is 0.333. The molecule has 35 heavy (non-hydrogen) atoms. The fourth-order valence-electron chi connectivity index (χ4n) is 4.07. The molecule has 0 fully saturated rings. The van der Waals surface area contributed by atoms with E-state index in [9.17, 15) is 8.42 Å². The topological polar surface area (TPSA) is 121 Å². The number of fused-ring (bicyclic) bond motifs is 3. The Bertz CT molecular complexity index is 1460. The van der Waals surface area contributed by atoms with Gasteiger partial charge < -0.3 is 19.8 Å². The molecule has 9 nitrogen and oxygen atoms in total. The number of hydrogen-bond donors (Lipinski definition) is 2. The molecule has 3 N–H and O–H groups in total. The minimum Gasteiger partial charge on any atom is -0.495 e. The number of imidazole rings is 1. The summed E-state index contributed by atoms with van der Waals surface area (Å²) in [6.45, 7) is 1.48. The van der Waals surface area contributed by atoms with Gasteiger partial charge in [-0.1, -0.05) is 34.1 Å². The number of benzene rings is 2. The third kappa shape index (κ3) is 5.43. The number of para-hydroxylation sites is 1. The van der Waals surface area contributed by atoms with Crippen LogP contribution in [0.4, 0.5) is 5.82 Å². The maximum absolute atomic E-state index is 12.8. The van der Waals surface area contributed by atoms with E-state index in [1.807, 2.05) is 24.3 Å². The van der Waals surface area contributed by atoms with Crippen molar-refractivity contribution in [2.75, 3.05) is 33.1 Å². The van der Waals surface area contributed by atoms with Crippen LogP contribution in [0.15, 0.2) is 51.8 Å². The Morgan fingerprint density at radius 2 is 1.91 bits per heavy atom. The van der Waals surface area contributed by atoms with Crippen LogP contribution in [0.1, 0.15) is 18.7 Å². The summed E-state index contributed by atoms with van der Waals surface area (Å²) in [4.78, 5) is 9.38. The molecule has 11 heteroatoms. The first-order valence-corrected chi connectivity index (χ1v) is 13.5. The lowest BCUT2D eigenvalue weighted by molar-refractivity contribution is 0.199. The lowest BCUT2D eigenvalue weighted by Gasteiger charge is -2.13. The van der Waals surface area contributed by atoms with E-state index in [1.165, 1.54) is 13.2 Å². The van der Waals surface area contributed by atoms with Crippen LogP contribution in [0, 0.1) is 0 Å². The summed E-state index contributed by atoms with van der Waals surface area (Å²) in [5, 5.41) is 0.982. The molecule has 186 valence electrons. The van der Waals surface area contributed by atoms with E-state index in [-0.39, 0.29) is 4.90 Å². The second-order valence-electron chi connectivity index (χ2n) is 8.03. The number of sulfonamides is 1. The van der Waals surface area contributed by atoms with Crippen molar-refractivity contribution in [3.05, 3.63) is 52.8 Å². The van der Waals surface area contributed by atoms with Crippen LogP contribution in [-0.2, 0) is 27.7 Å². The van der Waals surface area contributed by atoms with Gasteiger partial charge >= 0.3 is 0 Å². The van der Waals surface area contributed by atoms with E-state index in [1.54, 1.807) is 19.2 Å². The minimum atomic E-state index is -3.71. The van der Waals surface area contributed by atoms with Crippen molar-refractivity contribution >= 4 is 53.7 Å². The Hall–Kier alpha value is -2.73. The van der Waals surface area contributed by atoms with Crippen molar-refractivity contribution in [1.29, 1.82) is 0 Å². The maximum Gasteiger partial charge on any atom is 0.244 e. The highest BCUT2D eigenvalue weighted by atomic mass is 79.9. The quantitative estimate of drug-likeness (QED) is 0.266. The van der Waals surface area contributed by atoms with E-state index in [2.05, 4.69) is 30.2 Å². The first kappa shape index (κ1) is 25.4. The lowest BCUT2D eigenvalue weighted by Crippen LogP contribution is -2.25. The number of unbranched alkanes of at least 4 members (excludes halogenated alkanes) is 1. The minimum absolute atomic E-state index is 0.103. The number of nitrogens with one attached hydrogen (secondary N) is 1. The molecule has 0 saturated heterocycles. The maximum atomic E-state index is 12.8. The molecule has 4 aromatic rings. The second kappa shape index (κ2) is 10.9. The Morgan fingerprint density at radius 3 is 2.69 bits per heavy atom. The zero-order valence-corrected chi connectivity index (χ0v) is 22.0. The Morgan fingerprint density at radius 1 is 1.11 bits per heavy atom. The van der Waals surface area contributed by atoms with Gasteiger partial charge in [0.2, 0.25) is 10.0 Å². The first-order valence-electron chi connectivity index (χ1n) is 11.2.